The average Bonchev–Trinajstić information content (AvgIpc) is 0.766. The van der Waals surface area contributed by atoms with Gasteiger partial charge >= 0.3 is 5.97 Å². The number of rotatable bonds is 33. The van der Waals surface area contributed by atoms with E-state index in [0.29, 0.717) is 0 Å². The average molecular weight is 1660 g/mol. The van der Waals surface area contributed by atoms with Crippen LogP contribution in [-0.4, -0.2) is 490 Å². The molecule has 0 aromatic rings. The van der Waals surface area contributed by atoms with Crippen molar-refractivity contribution in [2.75, 3.05) is 52.9 Å². The first-order valence-corrected chi connectivity index (χ1v) is 35.9. The highest BCUT2D eigenvalue weighted by molar-refractivity contribution is 5.77. The van der Waals surface area contributed by atoms with Crippen molar-refractivity contribution >= 4 is 23.7 Å². The van der Waals surface area contributed by atoms with Gasteiger partial charge in [-0.05, 0) is 13.8 Å². The Morgan fingerprint density at radius 1 is 0.389 bits per heavy atom. The van der Waals surface area contributed by atoms with Crippen molar-refractivity contribution in [1.82, 2.24) is 16.0 Å². The molecule has 8 heterocycles. The van der Waals surface area contributed by atoms with Gasteiger partial charge in [0.25, 0.3) is 5.79 Å². The molecule has 30 N–H and O–H groups in total. The molecule has 0 aliphatic carbocycles. The standard InChI is InChI=1S/C63H107N3O47/c1-15-32(80)39(87)43(91)57(100-15)107-48(22(78)8-68)49(23(79)9-69)108-61-47(95)54(112-56-31(66-19(5)75)53(111-59-45(93)41(89)35(83)24(10-70)102-59)51(26(12-72)104-56)110-58-44(92)40(88)33(81)16(2)101-58)37(85)27(105-61)13-98-55-30(65-18(4)74)38(86)50(25(11-71)103-55)109-60-46(94)42(90)36(84)28(106-60)14-99-63(62(96)97)6-20(76)29(64-17(3)73)52(113-63)34(82)21(77)7-67/h15-16,20-61,67-72,76-95H,6-14H2,1-5H3,(H,64,73)(H,65,74)(H,66,75)(H,96,97)/t15-,16-,20-,21+,22-,23+,24+,25+,26+,27+,28+,29+,30+,31+,32+,33+,34+,35-,36-,37-,38+,39+,40+,41-,42-,43-,44-,45+,46+,47+,48+,49+,50+,51+,52+,53+,54-,55+,56-,57-,58-,59-,60-,61-,63+/m0/s1. The topological polar surface area (TPSA) is 798 Å². The van der Waals surface area contributed by atoms with Crippen LogP contribution < -0.4 is 16.0 Å². The van der Waals surface area contributed by atoms with E-state index in [4.69, 9.17) is 75.8 Å². The summed E-state index contributed by atoms with van der Waals surface area (Å²) < 4.78 is 94.5. The van der Waals surface area contributed by atoms with Gasteiger partial charge in [0, 0.05) is 27.2 Å². The normalized spacial score (nSPS) is 46.3. The zero-order valence-electron chi connectivity index (χ0n) is 61.0. The molecule has 50 heteroatoms. The quantitative estimate of drug-likeness (QED) is 0.0290. The number of ether oxygens (including phenoxy) is 16. The molecule has 0 aromatic carbocycles. The van der Waals surface area contributed by atoms with E-state index in [0.717, 1.165) is 20.8 Å². The first-order chi connectivity index (χ1) is 53.1. The van der Waals surface area contributed by atoms with Crippen molar-refractivity contribution in [3.8, 4) is 0 Å². The second kappa shape index (κ2) is 41.0. The molecule has 0 saturated carbocycles. The van der Waals surface area contributed by atoms with E-state index in [1.54, 1.807) is 0 Å². The van der Waals surface area contributed by atoms with Gasteiger partial charge in [-0.1, -0.05) is 0 Å². The van der Waals surface area contributed by atoms with Crippen molar-refractivity contribution in [2.45, 2.75) is 317 Å². The molecule has 0 radical (unpaired) electrons. The zero-order valence-corrected chi connectivity index (χ0v) is 61.0. The van der Waals surface area contributed by atoms with Crippen LogP contribution in [0.15, 0.2) is 0 Å². The molecule has 50 nitrogen and oxygen atoms in total. The predicted molar refractivity (Wildman–Crippen MR) is 348 cm³/mol. The van der Waals surface area contributed by atoms with Gasteiger partial charge in [0.1, 0.15) is 201 Å². The van der Waals surface area contributed by atoms with Crippen molar-refractivity contribution in [2.24, 2.45) is 0 Å². The van der Waals surface area contributed by atoms with Gasteiger partial charge < -0.3 is 230 Å². The first kappa shape index (κ1) is 94.7. The minimum atomic E-state index is -3.07. The molecule has 45 atom stereocenters. The van der Waals surface area contributed by atoms with Gasteiger partial charge in [-0.2, -0.15) is 0 Å². The molecule has 0 spiro atoms. The number of carboxylic acids is 1. The minimum absolute atomic E-state index is 0.836. The van der Waals surface area contributed by atoms with Gasteiger partial charge in [0.2, 0.25) is 17.7 Å². The van der Waals surface area contributed by atoms with Crippen LogP contribution in [-0.2, 0) is 95.0 Å². The third-order valence-electron chi connectivity index (χ3n) is 20.5. The van der Waals surface area contributed by atoms with Gasteiger partial charge in [0.05, 0.1) is 77.2 Å². The third-order valence-corrected chi connectivity index (χ3v) is 20.5. The van der Waals surface area contributed by atoms with Gasteiger partial charge in [-0.15, -0.1) is 0 Å². The number of carbonyl (C=O) groups excluding carboxylic acids is 3. The maximum atomic E-state index is 13.5. The van der Waals surface area contributed by atoms with Crippen LogP contribution in [0.1, 0.15) is 41.0 Å². The van der Waals surface area contributed by atoms with E-state index in [2.05, 4.69) is 16.0 Å². The summed E-state index contributed by atoms with van der Waals surface area (Å²) in [5.41, 5.74) is 0. The molecule has 8 fully saturated rings. The molecule has 0 bridgehead atoms. The van der Waals surface area contributed by atoms with Crippen LogP contribution in [0.4, 0.5) is 0 Å². The SMILES string of the molecule is CC(=O)N[C@H]1[C@H](OC[C@H]2O[C@@H](O[C@@H]([C@H](O[C@@H]3O[C@@H](C)[C@@H](O)[C@@H](O)[C@@H]3O)[C@@H](O)CO)[C@H](O)CO)[C@H](O)[C@@H](O[C@@H]3O[C@H](CO)[C@@H](O[C@@H]4O[C@@H](C)[C@@H](O)[C@@H](O)[C@@H]4O)[C@H](O[C@@H]4O[C@H](CO)[C@H](O)[C@H](O)[C@H]4O)[C@H]3NC(C)=O)[C@H]2O)O[C@H](CO)[C@@H](O[C@@H]2O[C@H](CO[C@]3(C(=O)O)C[C@H](O)[C@@H](NC(C)=O)[C@H]([C@H](O)[C@H](O)CO)O3)[C@H](O)[C@H](O)[C@H]2O)[C@@H]1O. The number of aliphatic carboxylic acids is 1. The molecular formula is C63H107N3O47. The molecule has 656 valence electrons. The minimum Gasteiger partial charge on any atom is -0.477 e. The van der Waals surface area contributed by atoms with Crippen LogP contribution in [0.25, 0.3) is 0 Å². The maximum Gasteiger partial charge on any atom is 0.364 e. The number of nitrogens with one attached hydrogen (secondary N) is 3. The van der Waals surface area contributed by atoms with Crippen LogP contribution in [0.2, 0.25) is 0 Å². The van der Waals surface area contributed by atoms with Crippen molar-refractivity contribution in [3.63, 3.8) is 0 Å². The highest BCUT2D eigenvalue weighted by atomic mass is 16.8. The van der Waals surface area contributed by atoms with Crippen molar-refractivity contribution in [1.29, 1.82) is 0 Å². The molecule has 3 amide bonds. The Labute approximate surface area is 640 Å². The number of amides is 3. The Hall–Kier alpha value is -3.80. The summed E-state index contributed by atoms with van der Waals surface area (Å²) in [6.07, 6.45) is -88.4. The monoisotopic (exact) mass is 1660 g/mol. The highest BCUT2D eigenvalue weighted by Crippen LogP contribution is 2.40. The largest absolute Gasteiger partial charge is 0.477 e. The smallest absolute Gasteiger partial charge is 0.364 e. The van der Waals surface area contributed by atoms with Gasteiger partial charge in [-0.25, -0.2) is 4.79 Å². The Kier molecular flexibility index (Phi) is 34.3. The van der Waals surface area contributed by atoms with Gasteiger partial charge in [-0.3, -0.25) is 14.4 Å². The van der Waals surface area contributed by atoms with Crippen molar-refractivity contribution in [3.05, 3.63) is 0 Å². The number of aliphatic hydroxyl groups is 26. The number of hydrogen-bond acceptors (Lipinski definition) is 46. The van der Waals surface area contributed by atoms with E-state index in [-0.39, 0.29) is 0 Å². The van der Waals surface area contributed by atoms with Crippen LogP contribution >= 0.6 is 0 Å². The summed E-state index contributed by atoms with van der Waals surface area (Å²) in [6, 6.07) is -5.73. The number of aliphatic hydroxyl groups excluding tert-OH is 26. The Morgan fingerprint density at radius 2 is 0.779 bits per heavy atom. The maximum absolute atomic E-state index is 13.5. The van der Waals surface area contributed by atoms with E-state index in [9.17, 15) is 157 Å². The number of carbonyl (C=O) groups is 4. The van der Waals surface area contributed by atoms with Gasteiger partial charge in [0.15, 0.2) is 44.0 Å². The lowest BCUT2D eigenvalue weighted by molar-refractivity contribution is -0.391. The van der Waals surface area contributed by atoms with Crippen molar-refractivity contribution < 1.29 is 233 Å². The summed E-state index contributed by atoms with van der Waals surface area (Å²) in [6.45, 7) is -4.57. The molecule has 8 saturated heterocycles. The second-order valence-electron chi connectivity index (χ2n) is 28.6. The number of hydrogen-bond donors (Lipinski definition) is 30. The molecule has 8 aliphatic heterocycles. The summed E-state index contributed by atoms with van der Waals surface area (Å²) >= 11 is 0. The fourth-order valence-corrected chi connectivity index (χ4v) is 14.2. The lowest BCUT2D eigenvalue weighted by atomic mass is 9.88. The van der Waals surface area contributed by atoms with E-state index >= 15 is 0 Å². The predicted octanol–water partition coefficient (Wildman–Crippen LogP) is -19.3. The lowest BCUT2D eigenvalue weighted by Crippen LogP contribution is -2.71. The molecule has 8 aliphatic rings. The van der Waals surface area contributed by atoms with Crippen LogP contribution in [0, 0.1) is 0 Å². The third kappa shape index (κ3) is 21.3. The Balaban J connectivity index is 1.13. The first-order valence-electron chi connectivity index (χ1n) is 35.9. The summed E-state index contributed by atoms with van der Waals surface area (Å²) in [5.74, 6) is -7.98. The second-order valence-corrected chi connectivity index (χ2v) is 28.6. The fraction of sp³-hybridized carbons (Fsp3) is 0.937. The molecular weight excluding hydrogens is 1550 g/mol. The number of carboxylic acid groups (broad SMARTS) is 1. The molecule has 8 rings (SSSR count). The zero-order chi connectivity index (χ0) is 84.0. The van der Waals surface area contributed by atoms with E-state index < -0.39 is 358 Å². The summed E-state index contributed by atoms with van der Waals surface area (Å²) in [7, 11) is 0. The van der Waals surface area contributed by atoms with Crippen LogP contribution in [0.5, 0.6) is 0 Å². The Bertz CT molecular complexity index is 2990. The van der Waals surface area contributed by atoms with Crippen LogP contribution in [0.3, 0.4) is 0 Å². The fourth-order valence-electron chi connectivity index (χ4n) is 14.2. The highest BCUT2D eigenvalue weighted by Gasteiger charge is 2.62. The molecule has 113 heavy (non-hydrogen) atoms. The lowest BCUT2D eigenvalue weighted by Gasteiger charge is -2.51. The summed E-state index contributed by atoms with van der Waals surface area (Å²) in [5, 5.41) is 304. The summed E-state index contributed by atoms with van der Waals surface area (Å²) in [4.78, 5) is 51.6. The van der Waals surface area contributed by atoms with E-state index in [1.807, 2.05) is 0 Å². The Morgan fingerprint density at radius 3 is 1.28 bits per heavy atom. The molecule has 0 aromatic heterocycles. The molecule has 0 unspecified atom stereocenters. The van der Waals surface area contributed by atoms with E-state index in [1.165, 1.54) is 13.8 Å².